The Hall–Kier alpha value is -3.76. The fourth-order valence-corrected chi connectivity index (χ4v) is 2.91. The quantitative estimate of drug-likeness (QED) is 0.410. The average Bonchev–Trinajstić information content (AvgIpc) is 2.99. The molecule has 1 unspecified atom stereocenters. The lowest BCUT2D eigenvalue weighted by molar-refractivity contribution is -0.386. The molecule has 1 amide bonds. The van der Waals surface area contributed by atoms with Crippen LogP contribution in [0.25, 0.3) is 0 Å². The van der Waals surface area contributed by atoms with Crippen LogP contribution in [0.1, 0.15) is 39.0 Å². The van der Waals surface area contributed by atoms with Gasteiger partial charge in [0.05, 0.1) is 42.7 Å². The smallest absolute Gasteiger partial charge is 0.337 e. The maximum atomic E-state index is 12.6. The first-order valence-corrected chi connectivity index (χ1v) is 8.90. The molecule has 1 aromatic heterocycles. The minimum absolute atomic E-state index is 0.0672. The summed E-state index contributed by atoms with van der Waals surface area (Å²) in [5, 5.41) is 17.9. The van der Waals surface area contributed by atoms with Gasteiger partial charge in [-0.3, -0.25) is 19.6 Å². The number of carbonyl (C=O) groups excluding carboxylic acids is 3. The molecule has 11 heteroatoms. The molecule has 0 saturated heterocycles. The highest BCUT2D eigenvalue weighted by molar-refractivity contribution is 5.99. The van der Waals surface area contributed by atoms with Crippen molar-refractivity contribution in [3.8, 4) is 0 Å². The number of nitrogens with one attached hydrogen (secondary N) is 1. The van der Waals surface area contributed by atoms with Crippen LogP contribution in [-0.2, 0) is 20.8 Å². The van der Waals surface area contributed by atoms with Gasteiger partial charge in [-0.05, 0) is 32.0 Å². The number of esters is 2. The average molecular weight is 418 g/mol. The fraction of sp³-hybridized carbons (Fsp3) is 0.368. The van der Waals surface area contributed by atoms with Crippen LogP contribution in [0.15, 0.2) is 18.2 Å². The number of ether oxygens (including phenoxy) is 2. The molecule has 0 bridgehead atoms. The van der Waals surface area contributed by atoms with Gasteiger partial charge in [0.25, 0.3) is 0 Å². The minimum atomic E-state index is -0.681. The lowest BCUT2D eigenvalue weighted by Crippen LogP contribution is -2.25. The molecule has 1 atom stereocenters. The summed E-state index contributed by atoms with van der Waals surface area (Å²) in [4.78, 5) is 47.0. The first-order valence-electron chi connectivity index (χ1n) is 8.90. The minimum Gasteiger partial charge on any atom is -0.465 e. The van der Waals surface area contributed by atoms with Gasteiger partial charge in [-0.15, -0.1) is 0 Å². The van der Waals surface area contributed by atoms with Gasteiger partial charge in [0.2, 0.25) is 5.91 Å². The predicted molar refractivity (Wildman–Crippen MR) is 105 cm³/mol. The number of carbonyl (C=O) groups is 3. The van der Waals surface area contributed by atoms with Crippen LogP contribution in [0, 0.1) is 29.9 Å². The second-order valence-electron chi connectivity index (χ2n) is 6.63. The number of anilines is 1. The summed E-state index contributed by atoms with van der Waals surface area (Å²) in [6.45, 7) is 4.82. The molecule has 0 aliphatic heterocycles. The molecule has 0 spiro atoms. The topological polar surface area (TPSA) is 143 Å². The van der Waals surface area contributed by atoms with Gasteiger partial charge < -0.3 is 14.8 Å². The summed E-state index contributed by atoms with van der Waals surface area (Å²) < 4.78 is 10.7. The van der Waals surface area contributed by atoms with Crippen molar-refractivity contribution < 1.29 is 28.8 Å². The standard InChI is InChI=1S/C19H22N4O7/c1-10(9-22-12(3)16(23(27)28)11(2)21-22)17(24)20-15-7-13(18(25)29-4)6-14(8-15)19(26)30-5/h6-8,10H,9H2,1-5H3,(H,20,24). The van der Waals surface area contributed by atoms with E-state index in [1.807, 2.05) is 0 Å². The molecule has 0 radical (unpaired) electrons. The Labute approximate surface area is 172 Å². The molecule has 0 saturated carbocycles. The summed E-state index contributed by atoms with van der Waals surface area (Å²) in [5.41, 5.74) is 0.858. The molecule has 160 valence electrons. The second-order valence-corrected chi connectivity index (χ2v) is 6.63. The number of benzene rings is 1. The monoisotopic (exact) mass is 418 g/mol. The summed E-state index contributed by atoms with van der Waals surface area (Å²) >= 11 is 0. The Kier molecular flexibility index (Phi) is 6.88. The van der Waals surface area contributed by atoms with Crippen LogP contribution in [0.3, 0.4) is 0 Å². The van der Waals surface area contributed by atoms with E-state index in [1.165, 1.54) is 44.0 Å². The zero-order valence-corrected chi connectivity index (χ0v) is 17.2. The van der Waals surface area contributed by atoms with Crippen molar-refractivity contribution in [3.63, 3.8) is 0 Å². The van der Waals surface area contributed by atoms with Gasteiger partial charge >= 0.3 is 17.6 Å². The zero-order chi connectivity index (χ0) is 22.6. The van der Waals surface area contributed by atoms with E-state index in [9.17, 15) is 24.5 Å². The van der Waals surface area contributed by atoms with E-state index in [2.05, 4.69) is 19.9 Å². The Morgan fingerprint density at radius 2 is 1.67 bits per heavy atom. The number of hydrogen-bond acceptors (Lipinski definition) is 8. The number of aromatic nitrogens is 2. The number of amides is 1. The highest BCUT2D eigenvalue weighted by Gasteiger charge is 2.24. The number of nitro groups is 1. The molecule has 11 nitrogen and oxygen atoms in total. The third-order valence-electron chi connectivity index (χ3n) is 4.46. The van der Waals surface area contributed by atoms with Crippen LogP contribution in [0.4, 0.5) is 11.4 Å². The summed E-state index contributed by atoms with van der Waals surface area (Å²) in [7, 11) is 2.39. The molecule has 0 fully saturated rings. The van der Waals surface area contributed by atoms with Gasteiger partial charge in [0.1, 0.15) is 11.4 Å². The van der Waals surface area contributed by atoms with Gasteiger partial charge in [-0.2, -0.15) is 5.10 Å². The van der Waals surface area contributed by atoms with E-state index in [1.54, 1.807) is 13.8 Å². The van der Waals surface area contributed by atoms with Crippen LogP contribution >= 0.6 is 0 Å². The number of aryl methyl sites for hydroxylation is 1. The van der Waals surface area contributed by atoms with Gasteiger partial charge in [0, 0.05) is 5.69 Å². The van der Waals surface area contributed by atoms with E-state index < -0.39 is 28.7 Å². The number of methoxy groups -OCH3 is 2. The molecule has 1 aromatic carbocycles. The van der Waals surface area contributed by atoms with E-state index in [4.69, 9.17) is 0 Å². The largest absolute Gasteiger partial charge is 0.465 e. The molecule has 0 aliphatic carbocycles. The molecule has 0 aliphatic rings. The fourth-order valence-electron chi connectivity index (χ4n) is 2.91. The van der Waals surface area contributed by atoms with E-state index in [0.29, 0.717) is 5.69 Å². The third-order valence-corrected chi connectivity index (χ3v) is 4.46. The first kappa shape index (κ1) is 22.5. The highest BCUT2D eigenvalue weighted by Crippen LogP contribution is 2.23. The van der Waals surface area contributed by atoms with E-state index >= 15 is 0 Å². The van der Waals surface area contributed by atoms with Crippen molar-refractivity contribution in [1.82, 2.24) is 9.78 Å². The molecule has 2 rings (SSSR count). The van der Waals surface area contributed by atoms with Crippen LogP contribution in [-0.4, -0.2) is 46.8 Å². The highest BCUT2D eigenvalue weighted by atomic mass is 16.6. The van der Waals surface area contributed by atoms with Gasteiger partial charge in [-0.1, -0.05) is 6.92 Å². The number of hydrogen-bond donors (Lipinski definition) is 1. The van der Waals surface area contributed by atoms with Crippen LogP contribution < -0.4 is 5.32 Å². The second kappa shape index (κ2) is 9.16. The SMILES string of the molecule is COC(=O)c1cc(NC(=O)C(C)Cn2nc(C)c([N+](=O)[O-])c2C)cc(C(=O)OC)c1. The zero-order valence-electron chi connectivity index (χ0n) is 17.2. The van der Waals surface area contributed by atoms with Crippen molar-refractivity contribution in [3.05, 3.63) is 50.8 Å². The molecule has 30 heavy (non-hydrogen) atoms. The Morgan fingerprint density at radius 3 is 2.10 bits per heavy atom. The Bertz CT molecular complexity index is 978. The van der Waals surface area contributed by atoms with Crippen LogP contribution in [0.5, 0.6) is 0 Å². The van der Waals surface area contributed by atoms with Crippen molar-refractivity contribution in [1.29, 1.82) is 0 Å². The van der Waals surface area contributed by atoms with Crippen LogP contribution in [0.2, 0.25) is 0 Å². The maximum Gasteiger partial charge on any atom is 0.337 e. The van der Waals surface area contributed by atoms with Crippen molar-refractivity contribution in [2.45, 2.75) is 27.3 Å². The molecule has 1 N–H and O–H groups in total. The lowest BCUT2D eigenvalue weighted by atomic mass is 10.1. The normalized spacial score (nSPS) is 11.5. The third kappa shape index (κ3) is 4.80. The summed E-state index contributed by atoms with van der Waals surface area (Å²) in [6.07, 6.45) is 0. The first-order chi connectivity index (χ1) is 14.1. The van der Waals surface area contributed by atoms with E-state index in [-0.39, 0.29) is 34.7 Å². The van der Waals surface area contributed by atoms with Crippen molar-refractivity contribution in [2.75, 3.05) is 19.5 Å². The van der Waals surface area contributed by atoms with Gasteiger partial charge in [0.15, 0.2) is 0 Å². The molecule has 2 aromatic rings. The molecule has 1 heterocycles. The maximum absolute atomic E-state index is 12.6. The molecular formula is C19H22N4O7. The predicted octanol–water partition coefficient (Wildman–Crippen LogP) is 2.26. The van der Waals surface area contributed by atoms with Crippen molar-refractivity contribution in [2.24, 2.45) is 5.92 Å². The summed E-state index contributed by atoms with van der Waals surface area (Å²) in [5.74, 6) is -2.41. The number of rotatable bonds is 7. The lowest BCUT2D eigenvalue weighted by Gasteiger charge is -2.14. The Balaban J connectivity index is 2.24. The Morgan fingerprint density at radius 1 is 1.13 bits per heavy atom. The number of nitrogens with zero attached hydrogens (tertiary/aromatic N) is 3. The molecular weight excluding hydrogens is 396 g/mol. The summed E-state index contributed by atoms with van der Waals surface area (Å²) in [6, 6.07) is 4.04. The van der Waals surface area contributed by atoms with Crippen molar-refractivity contribution >= 4 is 29.2 Å². The van der Waals surface area contributed by atoms with E-state index in [0.717, 1.165) is 0 Å². The van der Waals surface area contributed by atoms with Gasteiger partial charge in [-0.25, -0.2) is 9.59 Å².